The summed E-state index contributed by atoms with van der Waals surface area (Å²) in [6, 6.07) is 11.9. The van der Waals surface area contributed by atoms with E-state index < -0.39 is 0 Å². The number of carbonyl (C=O) groups is 1. The van der Waals surface area contributed by atoms with Crippen molar-refractivity contribution in [1.29, 1.82) is 0 Å². The van der Waals surface area contributed by atoms with E-state index in [9.17, 15) is 4.79 Å². The molecule has 1 amide bonds. The van der Waals surface area contributed by atoms with Gasteiger partial charge in [-0.1, -0.05) is 6.07 Å². The zero-order valence-corrected chi connectivity index (χ0v) is 18.4. The SMILES string of the molecule is COc1ccc2[nH]cc(C3CCN(C(=O)CCOc4ccc(C)cc4OC)CC3)c2c1. The molecule has 0 bridgehead atoms. The lowest BCUT2D eigenvalue weighted by Crippen LogP contribution is -2.38. The highest BCUT2D eigenvalue weighted by molar-refractivity contribution is 5.85. The molecule has 4 rings (SSSR count). The van der Waals surface area contributed by atoms with E-state index in [2.05, 4.69) is 23.3 Å². The first-order chi connectivity index (χ1) is 15.1. The topological polar surface area (TPSA) is 63.8 Å². The standard InChI is InChI=1S/C25H30N2O4/c1-17-4-7-23(24(14-17)30-3)31-13-10-25(28)27-11-8-18(9-12-27)21-16-26-22-6-5-19(29-2)15-20(21)22/h4-7,14-16,18,26H,8-13H2,1-3H3. The number of nitrogens with zero attached hydrogens (tertiary/aromatic N) is 1. The fourth-order valence-corrected chi connectivity index (χ4v) is 4.33. The van der Waals surface area contributed by atoms with Crippen LogP contribution in [0, 0.1) is 6.92 Å². The third kappa shape index (κ3) is 4.63. The molecule has 1 saturated heterocycles. The van der Waals surface area contributed by atoms with Gasteiger partial charge in [0.25, 0.3) is 0 Å². The number of hydrogen-bond donors (Lipinski definition) is 1. The van der Waals surface area contributed by atoms with Crippen LogP contribution in [0.4, 0.5) is 0 Å². The van der Waals surface area contributed by atoms with Crippen molar-refractivity contribution < 1.29 is 19.0 Å². The van der Waals surface area contributed by atoms with Crippen LogP contribution in [0.3, 0.4) is 0 Å². The van der Waals surface area contributed by atoms with Gasteiger partial charge in [-0.2, -0.15) is 0 Å². The quantitative estimate of drug-likeness (QED) is 0.601. The fraction of sp³-hybridized carbons (Fsp3) is 0.400. The second kappa shape index (κ2) is 9.33. The first kappa shape index (κ1) is 21.1. The number of nitrogens with one attached hydrogen (secondary N) is 1. The molecule has 0 spiro atoms. The van der Waals surface area contributed by atoms with E-state index in [1.807, 2.05) is 36.1 Å². The molecule has 2 heterocycles. The first-order valence-electron chi connectivity index (χ1n) is 10.8. The number of aryl methyl sites for hydroxylation is 1. The van der Waals surface area contributed by atoms with Crippen molar-refractivity contribution in [2.45, 2.75) is 32.1 Å². The largest absolute Gasteiger partial charge is 0.497 e. The number of likely N-dealkylation sites (tertiary alicyclic amines) is 1. The fourth-order valence-electron chi connectivity index (χ4n) is 4.33. The Bertz CT molecular complexity index is 1050. The minimum absolute atomic E-state index is 0.144. The van der Waals surface area contributed by atoms with Crippen LogP contribution in [0.25, 0.3) is 10.9 Å². The molecule has 6 nitrogen and oxygen atoms in total. The van der Waals surface area contributed by atoms with Gasteiger partial charge in [-0.25, -0.2) is 0 Å². The molecule has 0 aliphatic carbocycles. The van der Waals surface area contributed by atoms with Gasteiger partial charge in [-0.3, -0.25) is 4.79 Å². The van der Waals surface area contributed by atoms with Crippen LogP contribution in [0.1, 0.15) is 36.3 Å². The Balaban J connectivity index is 1.30. The number of amides is 1. The van der Waals surface area contributed by atoms with E-state index in [1.165, 1.54) is 10.9 Å². The number of hydrogen-bond acceptors (Lipinski definition) is 4. The van der Waals surface area contributed by atoms with E-state index in [0.717, 1.165) is 42.8 Å². The lowest BCUT2D eigenvalue weighted by Gasteiger charge is -2.32. The van der Waals surface area contributed by atoms with Gasteiger partial charge < -0.3 is 24.1 Å². The van der Waals surface area contributed by atoms with Gasteiger partial charge in [0.1, 0.15) is 5.75 Å². The van der Waals surface area contributed by atoms with Crippen LogP contribution < -0.4 is 14.2 Å². The van der Waals surface area contributed by atoms with Crippen LogP contribution in [0.15, 0.2) is 42.6 Å². The summed E-state index contributed by atoms with van der Waals surface area (Å²) < 4.78 is 16.6. The van der Waals surface area contributed by atoms with Gasteiger partial charge in [0, 0.05) is 30.2 Å². The van der Waals surface area contributed by atoms with Gasteiger partial charge in [-0.05, 0) is 67.1 Å². The van der Waals surface area contributed by atoms with Crippen LogP contribution in [0.2, 0.25) is 0 Å². The van der Waals surface area contributed by atoms with Gasteiger partial charge in [-0.15, -0.1) is 0 Å². The van der Waals surface area contributed by atoms with Crippen molar-refractivity contribution in [3.63, 3.8) is 0 Å². The molecule has 2 aromatic carbocycles. The van der Waals surface area contributed by atoms with E-state index in [4.69, 9.17) is 14.2 Å². The molecule has 0 atom stereocenters. The van der Waals surface area contributed by atoms with Crippen molar-refractivity contribution >= 4 is 16.8 Å². The Hall–Kier alpha value is -3.15. The maximum Gasteiger partial charge on any atom is 0.225 e. The van der Waals surface area contributed by atoms with Gasteiger partial charge in [0.05, 0.1) is 27.2 Å². The Kier molecular flexibility index (Phi) is 6.35. The normalized spacial score (nSPS) is 14.6. The highest BCUT2D eigenvalue weighted by Crippen LogP contribution is 2.35. The number of fused-ring (bicyclic) bond motifs is 1. The van der Waals surface area contributed by atoms with E-state index in [1.54, 1.807) is 14.2 Å². The van der Waals surface area contributed by atoms with Crippen molar-refractivity contribution in [2.24, 2.45) is 0 Å². The zero-order chi connectivity index (χ0) is 21.8. The highest BCUT2D eigenvalue weighted by atomic mass is 16.5. The number of aromatic nitrogens is 1. The summed E-state index contributed by atoms with van der Waals surface area (Å²) in [6.45, 7) is 3.90. The summed E-state index contributed by atoms with van der Waals surface area (Å²) in [5.74, 6) is 2.83. The monoisotopic (exact) mass is 422 g/mol. The van der Waals surface area contributed by atoms with Crippen LogP contribution in [0.5, 0.6) is 17.2 Å². The lowest BCUT2D eigenvalue weighted by atomic mass is 9.89. The number of piperidine rings is 1. The van der Waals surface area contributed by atoms with Crippen molar-refractivity contribution in [3.8, 4) is 17.2 Å². The molecule has 31 heavy (non-hydrogen) atoms. The number of H-pyrrole nitrogens is 1. The second-order valence-corrected chi connectivity index (χ2v) is 8.06. The molecule has 0 unspecified atom stereocenters. The maximum absolute atomic E-state index is 12.7. The molecule has 1 aromatic heterocycles. The average Bonchev–Trinajstić information content (AvgIpc) is 3.23. The van der Waals surface area contributed by atoms with Crippen molar-refractivity contribution in [3.05, 3.63) is 53.7 Å². The number of rotatable bonds is 7. The molecule has 3 aromatic rings. The molecule has 1 fully saturated rings. The van der Waals surface area contributed by atoms with Crippen LogP contribution in [-0.2, 0) is 4.79 Å². The Labute approximate surface area is 183 Å². The summed E-state index contributed by atoms with van der Waals surface area (Å²) in [5, 5.41) is 1.21. The van der Waals surface area contributed by atoms with E-state index in [0.29, 0.717) is 30.4 Å². The number of methoxy groups -OCH3 is 2. The minimum atomic E-state index is 0.144. The zero-order valence-electron chi connectivity index (χ0n) is 18.4. The minimum Gasteiger partial charge on any atom is -0.497 e. The number of aromatic amines is 1. The molecular formula is C25H30N2O4. The van der Waals surface area contributed by atoms with E-state index in [-0.39, 0.29) is 5.91 Å². The number of benzene rings is 2. The van der Waals surface area contributed by atoms with E-state index >= 15 is 0 Å². The molecule has 0 radical (unpaired) electrons. The smallest absolute Gasteiger partial charge is 0.225 e. The van der Waals surface area contributed by atoms with Crippen LogP contribution in [-0.4, -0.2) is 49.7 Å². The van der Waals surface area contributed by atoms with Gasteiger partial charge in [0.15, 0.2) is 11.5 Å². The summed E-state index contributed by atoms with van der Waals surface area (Å²) in [4.78, 5) is 18.0. The van der Waals surface area contributed by atoms with Crippen molar-refractivity contribution in [1.82, 2.24) is 9.88 Å². The summed E-state index contributed by atoms with van der Waals surface area (Å²) in [7, 11) is 3.32. The molecule has 164 valence electrons. The molecular weight excluding hydrogens is 392 g/mol. The predicted molar refractivity (Wildman–Crippen MR) is 121 cm³/mol. The molecule has 1 aliphatic heterocycles. The Morgan fingerprint density at radius 3 is 2.61 bits per heavy atom. The van der Waals surface area contributed by atoms with Crippen molar-refractivity contribution in [2.75, 3.05) is 33.9 Å². The van der Waals surface area contributed by atoms with Gasteiger partial charge in [0.2, 0.25) is 5.91 Å². The molecule has 6 heteroatoms. The second-order valence-electron chi connectivity index (χ2n) is 8.06. The summed E-state index contributed by atoms with van der Waals surface area (Å²) in [5.41, 5.74) is 3.55. The summed E-state index contributed by atoms with van der Waals surface area (Å²) in [6.07, 6.45) is 4.39. The maximum atomic E-state index is 12.7. The highest BCUT2D eigenvalue weighted by Gasteiger charge is 2.25. The predicted octanol–water partition coefficient (Wildman–Crippen LogP) is 4.67. The molecule has 1 N–H and O–H groups in total. The lowest BCUT2D eigenvalue weighted by molar-refractivity contribution is -0.132. The van der Waals surface area contributed by atoms with Crippen LogP contribution >= 0.6 is 0 Å². The Morgan fingerprint density at radius 1 is 1.06 bits per heavy atom. The third-order valence-electron chi connectivity index (χ3n) is 6.10. The average molecular weight is 423 g/mol. The summed E-state index contributed by atoms with van der Waals surface area (Å²) >= 11 is 0. The number of ether oxygens (including phenoxy) is 3. The third-order valence-corrected chi connectivity index (χ3v) is 6.10. The number of carbonyl (C=O) groups excluding carboxylic acids is 1. The molecule has 0 saturated carbocycles. The molecule has 1 aliphatic rings. The Morgan fingerprint density at radius 2 is 1.87 bits per heavy atom. The first-order valence-corrected chi connectivity index (χ1v) is 10.8. The van der Waals surface area contributed by atoms with Gasteiger partial charge >= 0.3 is 0 Å².